The lowest BCUT2D eigenvalue weighted by molar-refractivity contribution is -0.126. The maximum atomic E-state index is 13.4. The first-order chi connectivity index (χ1) is 16.2. The molecule has 0 radical (unpaired) electrons. The number of hydrogen-bond acceptors (Lipinski definition) is 5. The van der Waals surface area contributed by atoms with Crippen LogP contribution in [0.2, 0.25) is 0 Å². The average Bonchev–Trinajstić information content (AvgIpc) is 3.02. The van der Waals surface area contributed by atoms with Crippen molar-refractivity contribution in [3.05, 3.63) is 53.6 Å². The third-order valence-corrected chi connectivity index (χ3v) is 8.37. The van der Waals surface area contributed by atoms with Crippen molar-refractivity contribution in [2.45, 2.75) is 43.5 Å². The Morgan fingerprint density at radius 2 is 1.88 bits per heavy atom. The molecule has 2 amide bonds. The summed E-state index contributed by atoms with van der Waals surface area (Å²) in [5, 5.41) is 5.80. The Labute approximate surface area is 201 Å². The van der Waals surface area contributed by atoms with E-state index in [1.165, 1.54) is 4.31 Å². The van der Waals surface area contributed by atoms with Crippen molar-refractivity contribution in [2.24, 2.45) is 5.92 Å². The summed E-state index contributed by atoms with van der Waals surface area (Å²) < 4.78 is 28.1. The molecule has 1 unspecified atom stereocenters. The summed E-state index contributed by atoms with van der Waals surface area (Å²) in [5.41, 5.74) is 3.59. The quantitative estimate of drug-likeness (QED) is 0.657. The SMILES string of the molecule is CN(C)c1ccc(CNC(=O)C2CCCN(S(=O)(=O)c3ccc4c(c3)CCCC(=O)N4)C2)cc1. The molecule has 0 saturated carbocycles. The summed E-state index contributed by atoms with van der Waals surface area (Å²) >= 11 is 0. The second-order valence-corrected chi connectivity index (χ2v) is 11.1. The van der Waals surface area contributed by atoms with Gasteiger partial charge in [0.2, 0.25) is 21.8 Å². The number of hydrogen-bond donors (Lipinski definition) is 2. The minimum absolute atomic E-state index is 0.0483. The number of rotatable bonds is 6. The minimum atomic E-state index is -3.73. The highest BCUT2D eigenvalue weighted by Crippen LogP contribution is 2.29. The lowest BCUT2D eigenvalue weighted by Gasteiger charge is -2.31. The Morgan fingerprint density at radius 3 is 2.62 bits per heavy atom. The van der Waals surface area contributed by atoms with Gasteiger partial charge in [0.05, 0.1) is 10.8 Å². The molecule has 2 aromatic carbocycles. The van der Waals surface area contributed by atoms with Crippen molar-refractivity contribution in [1.29, 1.82) is 0 Å². The Hall–Kier alpha value is -2.91. The highest BCUT2D eigenvalue weighted by molar-refractivity contribution is 7.89. The van der Waals surface area contributed by atoms with E-state index in [0.717, 1.165) is 16.8 Å². The van der Waals surface area contributed by atoms with Gasteiger partial charge in [-0.3, -0.25) is 9.59 Å². The molecule has 0 bridgehead atoms. The predicted octanol–water partition coefficient (Wildman–Crippen LogP) is 2.74. The molecule has 8 nitrogen and oxygen atoms in total. The van der Waals surface area contributed by atoms with E-state index < -0.39 is 10.0 Å². The van der Waals surface area contributed by atoms with Crippen LogP contribution < -0.4 is 15.5 Å². The van der Waals surface area contributed by atoms with E-state index in [1.807, 2.05) is 43.3 Å². The van der Waals surface area contributed by atoms with Crippen LogP contribution in [0.15, 0.2) is 47.4 Å². The number of carbonyl (C=O) groups excluding carboxylic acids is 2. The van der Waals surface area contributed by atoms with Gasteiger partial charge in [0.1, 0.15) is 0 Å². The van der Waals surface area contributed by atoms with Crippen molar-refractivity contribution in [1.82, 2.24) is 9.62 Å². The smallest absolute Gasteiger partial charge is 0.243 e. The van der Waals surface area contributed by atoms with E-state index in [1.54, 1.807) is 18.2 Å². The molecule has 0 spiro atoms. The molecule has 2 N–H and O–H groups in total. The van der Waals surface area contributed by atoms with E-state index in [9.17, 15) is 18.0 Å². The van der Waals surface area contributed by atoms with E-state index >= 15 is 0 Å². The monoisotopic (exact) mass is 484 g/mol. The van der Waals surface area contributed by atoms with Crippen LogP contribution in [0.5, 0.6) is 0 Å². The van der Waals surface area contributed by atoms with Crippen LogP contribution in [-0.2, 0) is 32.6 Å². The predicted molar refractivity (Wildman–Crippen MR) is 132 cm³/mol. The summed E-state index contributed by atoms with van der Waals surface area (Å²) in [6.07, 6.45) is 3.06. The van der Waals surface area contributed by atoms with Gasteiger partial charge in [-0.25, -0.2) is 8.42 Å². The van der Waals surface area contributed by atoms with Crippen LogP contribution in [0.25, 0.3) is 0 Å². The van der Waals surface area contributed by atoms with Gasteiger partial charge in [0.15, 0.2) is 0 Å². The zero-order valence-electron chi connectivity index (χ0n) is 19.7. The summed E-state index contributed by atoms with van der Waals surface area (Å²) in [6.45, 7) is 0.972. The Balaban J connectivity index is 1.41. The summed E-state index contributed by atoms with van der Waals surface area (Å²) in [4.78, 5) is 26.8. The molecule has 34 heavy (non-hydrogen) atoms. The molecule has 4 rings (SSSR count). The van der Waals surface area contributed by atoms with Gasteiger partial charge < -0.3 is 15.5 Å². The number of aryl methyl sites for hydroxylation is 1. The molecule has 0 aliphatic carbocycles. The standard InChI is InChI=1S/C25H32N4O4S/c1-28(2)21-10-8-18(9-11-21)16-26-25(31)20-6-4-14-29(17-20)34(32,33)22-12-13-23-19(15-22)5-3-7-24(30)27-23/h8-13,15,20H,3-7,14,16-17H2,1-2H3,(H,26,31)(H,27,30). The highest BCUT2D eigenvalue weighted by atomic mass is 32.2. The summed E-state index contributed by atoms with van der Waals surface area (Å²) in [7, 11) is 0.219. The number of fused-ring (bicyclic) bond motifs is 1. The third kappa shape index (κ3) is 5.42. The van der Waals surface area contributed by atoms with Crippen molar-refractivity contribution in [3.8, 4) is 0 Å². The van der Waals surface area contributed by atoms with Crippen LogP contribution in [0.1, 0.15) is 36.8 Å². The van der Waals surface area contributed by atoms with Crippen molar-refractivity contribution in [2.75, 3.05) is 37.4 Å². The van der Waals surface area contributed by atoms with Crippen LogP contribution in [0.4, 0.5) is 11.4 Å². The molecule has 0 aromatic heterocycles. The van der Waals surface area contributed by atoms with Gasteiger partial charge in [0.25, 0.3) is 0 Å². The first-order valence-corrected chi connectivity index (χ1v) is 13.1. The molecule has 1 saturated heterocycles. The number of amides is 2. The van der Waals surface area contributed by atoms with Gasteiger partial charge in [-0.05, 0) is 67.1 Å². The van der Waals surface area contributed by atoms with Gasteiger partial charge in [0, 0.05) is 51.5 Å². The first-order valence-electron chi connectivity index (χ1n) is 11.7. The first kappa shape index (κ1) is 24.2. The Morgan fingerprint density at radius 1 is 1.12 bits per heavy atom. The molecule has 1 fully saturated rings. The van der Waals surface area contributed by atoms with Crippen molar-refractivity contribution >= 4 is 33.2 Å². The zero-order valence-corrected chi connectivity index (χ0v) is 20.5. The van der Waals surface area contributed by atoms with Gasteiger partial charge in [-0.2, -0.15) is 4.31 Å². The fourth-order valence-electron chi connectivity index (χ4n) is 4.48. The second kappa shape index (κ2) is 10.1. The Kier molecular flexibility index (Phi) is 7.23. The number of nitrogens with one attached hydrogen (secondary N) is 2. The number of anilines is 2. The van der Waals surface area contributed by atoms with E-state index in [2.05, 4.69) is 10.6 Å². The summed E-state index contributed by atoms with van der Waals surface area (Å²) in [6, 6.07) is 12.8. The van der Waals surface area contributed by atoms with Gasteiger partial charge in [-0.15, -0.1) is 0 Å². The molecule has 9 heteroatoms. The molecule has 2 heterocycles. The number of piperidine rings is 1. The van der Waals surface area contributed by atoms with Gasteiger partial charge >= 0.3 is 0 Å². The van der Waals surface area contributed by atoms with E-state index in [-0.39, 0.29) is 29.2 Å². The third-order valence-electron chi connectivity index (χ3n) is 6.51. The molecule has 1 atom stereocenters. The number of nitrogens with zero attached hydrogens (tertiary/aromatic N) is 2. The summed E-state index contributed by atoms with van der Waals surface area (Å²) in [5.74, 6) is -0.557. The fourth-order valence-corrected chi connectivity index (χ4v) is 6.06. The van der Waals surface area contributed by atoms with Crippen LogP contribution >= 0.6 is 0 Å². The average molecular weight is 485 g/mol. The van der Waals surface area contributed by atoms with E-state index in [0.29, 0.717) is 50.9 Å². The normalized spacial score (nSPS) is 19.0. The topological polar surface area (TPSA) is 98.8 Å². The van der Waals surface area contributed by atoms with E-state index in [4.69, 9.17) is 0 Å². The fraction of sp³-hybridized carbons (Fsp3) is 0.440. The maximum Gasteiger partial charge on any atom is 0.243 e. The van der Waals surface area contributed by atoms with Crippen LogP contribution in [0.3, 0.4) is 0 Å². The highest BCUT2D eigenvalue weighted by Gasteiger charge is 2.33. The Bertz CT molecular complexity index is 1160. The second-order valence-electron chi connectivity index (χ2n) is 9.20. The lowest BCUT2D eigenvalue weighted by Crippen LogP contribution is -2.45. The van der Waals surface area contributed by atoms with Crippen LogP contribution in [0, 0.1) is 5.92 Å². The largest absolute Gasteiger partial charge is 0.378 e. The molecule has 2 aliphatic rings. The van der Waals surface area contributed by atoms with Gasteiger partial charge in [-0.1, -0.05) is 12.1 Å². The zero-order chi connectivity index (χ0) is 24.3. The number of carbonyl (C=O) groups is 2. The van der Waals surface area contributed by atoms with Crippen molar-refractivity contribution < 1.29 is 18.0 Å². The lowest BCUT2D eigenvalue weighted by atomic mass is 9.99. The van der Waals surface area contributed by atoms with Crippen molar-refractivity contribution in [3.63, 3.8) is 0 Å². The molecule has 2 aliphatic heterocycles. The maximum absolute atomic E-state index is 13.4. The number of benzene rings is 2. The molecule has 182 valence electrons. The minimum Gasteiger partial charge on any atom is -0.378 e. The molecular formula is C25H32N4O4S. The number of sulfonamides is 1. The molecule has 2 aromatic rings. The molecular weight excluding hydrogens is 452 g/mol. The van der Waals surface area contributed by atoms with Crippen LogP contribution in [-0.4, -0.2) is 51.7 Å².